The number of alkyl halides is 1. The highest BCUT2D eigenvalue weighted by Crippen LogP contribution is 2.33. The summed E-state index contributed by atoms with van der Waals surface area (Å²) in [6, 6.07) is 29.5. The van der Waals surface area contributed by atoms with Gasteiger partial charge < -0.3 is 9.64 Å². The Balaban J connectivity index is 1.74. The highest BCUT2D eigenvalue weighted by atomic mass is 19.1. The molecule has 1 amide bonds. The maximum absolute atomic E-state index is 13.4. The lowest BCUT2D eigenvalue weighted by molar-refractivity contribution is -0.130. The first-order valence-corrected chi connectivity index (χ1v) is 13.2. The summed E-state index contributed by atoms with van der Waals surface area (Å²) in [6.07, 6.45) is 0.167. The minimum atomic E-state index is -0.552. The number of fused-ring (bicyclic) bond motifs is 1. The van der Waals surface area contributed by atoms with Crippen molar-refractivity contribution in [1.29, 1.82) is 0 Å². The number of hydrogen-bond donors (Lipinski definition) is 0. The van der Waals surface area contributed by atoms with Gasteiger partial charge in [0.25, 0.3) is 0 Å². The van der Waals surface area contributed by atoms with Crippen LogP contribution in [-0.2, 0) is 11.2 Å². The molecule has 3 aromatic carbocycles. The van der Waals surface area contributed by atoms with Gasteiger partial charge in [-0.25, -0.2) is 13.9 Å². The molecule has 7 heteroatoms. The molecule has 0 radical (unpaired) electrons. The summed E-state index contributed by atoms with van der Waals surface area (Å²) >= 11 is 0. The topological polar surface area (TPSA) is 59.7 Å². The van der Waals surface area contributed by atoms with Gasteiger partial charge in [-0.3, -0.25) is 4.79 Å². The molecule has 2 heterocycles. The lowest BCUT2D eigenvalue weighted by atomic mass is 10.0. The van der Waals surface area contributed by atoms with Gasteiger partial charge in [0.15, 0.2) is 5.65 Å². The van der Waals surface area contributed by atoms with Crippen LogP contribution in [0.5, 0.6) is 5.75 Å². The molecule has 0 N–H and O–H groups in total. The number of hydrogen-bond acceptors (Lipinski definition) is 4. The third-order valence-corrected chi connectivity index (χ3v) is 6.74. The number of carbonyl (C=O) groups is 1. The van der Waals surface area contributed by atoms with Crippen molar-refractivity contribution in [1.82, 2.24) is 19.5 Å². The van der Waals surface area contributed by atoms with Gasteiger partial charge in [0, 0.05) is 35.3 Å². The van der Waals surface area contributed by atoms with Gasteiger partial charge in [0.2, 0.25) is 5.91 Å². The number of nitrogens with zero attached hydrogens (tertiary/aromatic N) is 4. The number of rotatable bonds is 10. The molecule has 0 saturated heterocycles. The number of ether oxygens (including phenoxy) is 1. The molecule has 39 heavy (non-hydrogen) atoms. The first-order chi connectivity index (χ1) is 19.1. The van der Waals surface area contributed by atoms with Crippen molar-refractivity contribution in [3.8, 4) is 39.5 Å². The second-order valence-corrected chi connectivity index (χ2v) is 9.13. The van der Waals surface area contributed by atoms with E-state index >= 15 is 0 Å². The predicted octanol–water partition coefficient (Wildman–Crippen LogP) is 6.49. The molecule has 0 atom stereocenters. The Morgan fingerprint density at radius 1 is 0.872 bits per heavy atom. The summed E-state index contributed by atoms with van der Waals surface area (Å²) < 4.78 is 19.9. The maximum atomic E-state index is 13.4. The average molecular weight is 523 g/mol. The second kappa shape index (κ2) is 11.9. The van der Waals surface area contributed by atoms with Crippen LogP contribution in [0.25, 0.3) is 39.4 Å². The molecule has 0 fully saturated rings. The average Bonchev–Trinajstić information content (AvgIpc) is 3.35. The summed E-state index contributed by atoms with van der Waals surface area (Å²) in [4.78, 5) is 20.3. The van der Waals surface area contributed by atoms with Crippen LogP contribution >= 0.6 is 0 Å². The molecule has 0 spiro atoms. The molecule has 0 bridgehead atoms. The van der Waals surface area contributed by atoms with E-state index in [-0.39, 0.29) is 18.9 Å². The number of amides is 1. The Morgan fingerprint density at radius 3 is 2.13 bits per heavy atom. The van der Waals surface area contributed by atoms with Crippen LogP contribution in [0, 0.1) is 0 Å². The van der Waals surface area contributed by atoms with Gasteiger partial charge in [-0.2, -0.15) is 5.10 Å². The first kappa shape index (κ1) is 26.1. The molecular formula is C32H31FN4O2. The standard InChI is InChI=1S/C32H31FN4O2/c1-3-36(4-2)30(38)21-27-31(25-15-17-26(18-16-25)39-20-19-33)35-37-29(24-13-9-6-10-14-24)22-28(34-32(27)37)23-11-7-5-8-12-23/h5-18,22H,3-4,19-21H2,1-2H3. The van der Waals surface area contributed by atoms with E-state index in [2.05, 4.69) is 0 Å². The fourth-order valence-electron chi connectivity index (χ4n) is 4.73. The van der Waals surface area contributed by atoms with Crippen molar-refractivity contribution >= 4 is 11.6 Å². The zero-order chi connectivity index (χ0) is 27.2. The van der Waals surface area contributed by atoms with Crippen LogP contribution in [-0.4, -0.2) is 51.8 Å². The van der Waals surface area contributed by atoms with Gasteiger partial charge in [0.1, 0.15) is 19.0 Å². The Hall–Kier alpha value is -4.52. The molecule has 198 valence electrons. The molecule has 0 unspecified atom stereocenters. The number of benzene rings is 3. The van der Waals surface area contributed by atoms with E-state index in [1.165, 1.54) is 0 Å². The van der Waals surface area contributed by atoms with Crippen molar-refractivity contribution < 1.29 is 13.9 Å². The van der Waals surface area contributed by atoms with Gasteiger partial charge in [-0.05, 0) is 44.2 Å². The minimum Gasteiger partial charge on any atom is -0.491 e. The van der Waals surface area contributed by atoms with Crippen molar-refractivity contribution in [3.63, 3.8) is 0 Å². The summed E-state index contributed by atoms with van der Waals surface area (Å²) in [5.74, 6) is 0.600. The van der Waals surface area contributed by atoms with Crippen LogP contribution in [0.1, 0.15) is 19.4 Å². The summed E-state index contributed by atoms with van der Waals surface area (Å²) in [5, 5.41) is 5.03. The Kier molecular flexibility index (Phi) is 7.96. The molecule has 5 aromatic rings. The van der Waals surface area contributed by atoms with Gasteiger partial charge in [-0.15, -0.1) is 0 Å². The number of carbonyl (C=O) groups excluding carboxylic acids is 1. The number of halogens is 1. The fraction of sp³-hybridized carbons (Fsp3) is 0.219. The van der Waals surface area contributed by atoms with E-state index in [0.29, 0.717) is 30.2 Å². The molecule has 5 rings (SSSR count). The zero-order valence-electron chi connectivity index (χ0n) is 22.2. The fourth-order valence-corrected chi connectivity index (χ4v) is 4.73. The second-order valence-electron chi connectivity index (χ2n) is 9.13. The van der Waals surface area contributed by atoms with Crippen molar-refractivity contribution in [2.75, 3.05) is 26.4 Å². The van der Waals surface area contributed by atoms with Crippen LogP contribution in [0.4, 0.5) is 4.39 Å². The maximum Gasteiger partial charge on any atom is 0.227 e. The minimum absolute atomic E-state index is 0.00392. The Bertz CT molecular complexity index is 1550. The van der Waals surface area contributed by atoms with E-state index in [0.717, 1.165) is 33.6 Å². The van der Waals surface area contributed by atoms with Crippen LogP contribution in [0.2, 0.25) is 0 Å². The van der Waals surface area contributed by atoms with E-state index in [9.17, 15) is 9.18 Å². The largest absolute Gasteiger partial charge is 0.491 e. The lowest BCUT2D eigenvalue weighted by Gasteiger charge is -2.18. The van der Waals surface area contributed by atoms with Gasteiger partial charge >= 0.3 is 0 Å². The molecule has 0 aliphatic carbocycles. The van der Waals surface area contributed by atoms with Crippen LogP contribution in [0.3, 0.4) is 0 Å². The Labute approximate surface area is 227 Å². The third-order valence-electron chi connectivity index (χ3n) is 6.74. The first-order valence-electron chi connectivity index (χ1n) is 13.2. The molecule has 0 aliphatic heterocycles. The van der Waals surface area contributed by atoms with Crippen LogP contribution in [0.15, 0.2) is 91.0 Å². The van der Waals surface area contributed by atoms with Crippen molar-refractivity contribution in [3.05, 3.63) is 96.6 Å². The SMILES string of the molecule is CCN(CC)C(=O)Cc1c(-c2ccc(OCCF)cc2)nn2c(-c3ccccc3)cc(-c3ccccc3)nc12. The van der Waals surface area contributed by atoms with Crippen molar-refractivity contribution in [2.24, 2.45) is 0 Å². The molecular weight excluding hydrogens is 491 g/mol. The quantitative estimate of drug-likeness (QED) is 0.210. The monoisotopic (exact) mass is 522 g/mol. The van der Waals surface area contributed by atoms with E-state index < -0.39 is 6.67 Å². The van der Waals surface area contributed by atoms with E-state index in [4.69, 9.17) is 14.8 Å². The number of aromatic nitrogens is 3. The van der Waals surface area contributed by atoms with E-state index in [1.54, 1.807) is 12.1 Å². The summed E-state index contributed by atoms with van der Waals surface area (Å²) in [5.41, 5.74) is 6.58. The van der Waals surface area contributed by atoms with Crippen LogP contribution < -0.4 is 4.74 Å². The lowest BCUT2D eigenvalue weighted by Crippen LogP contribution is -2.31. The zero-order valence-corrected chi connectivity index (χ0v) is 22.2. The summed E-state index contributed by atoms with van der Waals surface area (Å²) in [6.45, 7) is 4.67. The predicted molar refractivity (Wildman–Crippen MR) is 152 cm³/mol. The molecule has 0 aliphatic rings. The molecule has 0 saturated carbocycles. The highest BCUT2D eigenvalue weighted by Gasteiger charge is 2.23. The highest BCUT2D eigenvalue weighted by molar-refractivity contribution is 5.86. The summed E-state index contributed by atoms with van der Waals surface area (Å²) in [7, 11) is 0. The smallest absolute Gasteiger partial charge is 0.227 e. The number of likely N-dealkylation sites (N-methyl/N-ethyl adjacent to an activating group) is 1. The molecule has 2 aromatic heterocycles. The third kappa shape index (κ3) is 5.53. The molecule has 6 nitrogen and oxygen atoms in total. The van der Waals surface area contributed by atoms with Crippen molar-refractivity contribution in [2.45, 2.75) is 20.3 Å². The van der Waals surface area contributed by atoms with E-state index in [1.807, 2.05) is 102 Å². The Morgan fingerprint density at radius 2 is 1.51 bits per heavy atom. The normalized spacial score (nSPS) is 11.1. The van der Waals surface area contributed by atoms with Gasteiger partial charge in [0.05, 0.1) is 23.5 Å². The van der Waals surface area contributed by atoms with Gasteiger partial charge in [-0.1, -0.05) is 60.7 Å².